The van der Waals surface area contributed by atoms with Gasteiger partial charge in [0.25, 0.3) is 0 Å². The predicted octanol–water partition coefficient (Wildman–Crippen LogP) is 5.72. The highest BCUT2D eigenvalue weighted by Gasteiger charge is 2.16. The van der Waals surface area contributed by atoms with E-state index in [-0.39, 0.29) is 6.42 Å². The number of hydroxylamine groups is 1. The van der Waals surface area contributed by atoms with Gasteiger partial charge in [-0.3, -0.25) is 15.1 Å². The smallest absolute Gasteiger partial charge is 0.307 e. The highest BCUT2D eigenvalue weighted by atomic mass is 16.7. The van der Waals surface area contributed by atoms with Crippen LogP contribution in [0.25, 0.3) is 16.8 Å². The fourth-order valence-corrected chi connectivity index (χ4v) is 3.75. The number of nitrogens with one attached hydrogen (secondary N) is 1. The van der Waals surface area contributed by atoms with Gasteiger partial charge in [0.15, 0.2) is 0 Å². The summed E-state index contributed by atoms with van der Waals surface area (Å²) >= 11 is 0. The van der Waals surface area contributed by atoms with Crippen molar-refractivity contribution < 1.29 is 19.5 Å². The van der Waals surface area contributed by atoms with E-state index in [0.717, 1.165) is 11.3 Å². The first kappa shape index (κ1) is 22.6. The summed E-state index contributed by atoms with van der Waals surface area (Å²) in [4.78, 5) is 16.6. The number of carboxylic acids is 1. The van der Waals surface area contributed by atoms with Crippen molar-refractivity contribution in [1.82, 2.24) is 5.48 Å². The maximum atomic E-state index is 10.9. The van der Waals surface area contributed by atoms with Crippen LogP contribution in [0.1, 0.15) is 30.4 Å². The molecule has 0 radical (unpaired) electrons. The summed E-state index contributed by atoms with van der Waals surface area (Å²) in [7, 11) is 0. The number of allylic oxidation sites excluding steroid dienone is 1. The number of hydrogen-bond donors (Lipinski definition) is 2. The molecule has 1 aliphatic carbocycles. The normalized spacial score (nSPS) is 13.9. The summed E-state index contributed by atoms with van der Waals surface area (Å²) in [6.45, 7) is 0.709. The average Bonchev–Trinajstić information content (AvgIpc) is 2.80. The second kappa shape index (κ2) is 11.3. The fraction of sp³-hybridized carbons (Fsp3) is 0.250. The summed E-state index contributed by atoms with van der Waals surface area (Å²) in [5, 5.41) is 8.93. The van der Waals surface area contributed by atoms with Crippen LogP contribution in [0.2, 0.25) is 0 Å². The third-order valence-corrected chi connectivity index (χ3v) is 5.75. The molecule has 2 N–H and O–H groups in total. The van der Waals surface area contributed by atoms with Gasteiger partial charge in [0.1, 0.15) is 19.0 Å². The van der Waals surface area contributed by atoms with Crippen molar-refractivity contribution in [2.24, 2.45) is 5.92 Å². The van der Waals surface area contributed by atoms with Gasteiger partial charge in [-0.15, -0.1) is 0 Å². The molecule has 0 bridgehead atoms. The average molecular weight is 444 g/mol. The second-order valence-corrected chi connectivity index (χ2v) is 8.23. The third kappa shape index (κ3) is 6.70. The molecule has 0 amide bonds. The Morgan fingerprint density at radius 1 is 0.939 bits per heavy atom. The Hall–Kier alpha value is -3.57. The lowest BCUT2D eigenvalue weighted by atomic mass is 9.84. The standard InChI is InChI=1S/C28H29NO4/c30-28(31)20-22-8-5-11-26(18-22)32-16-17-33-29-27(19-21-6-4-7-21)25-14-12-24(13-15-25)23-9-2-1-3-10-23/h1-3,5,8-15,18-19,21,29H,4,6-7,16-17,20H2,(H,30,31). The first-order valence-corrected chi connectivity index (χ1v) is 11.4. The quantitative estimate of drug-likeness (QED) is 0.293. The van der Waals surface area contributed by atoms with Crippen LogP contribution in [0.3, 0.4) is 0 Å². The summed E-state index contributed by atoms with van der Waals surface area (Å²) in [6.07, 6.45) is 5.94. The highest BCUT2D eigenvalue weighted by molar-refractivity contribution is 5.70. The zero-order chi connectivity index (χ0) is 22.9. The zero-order valence-electron chi connectivity index (χ0n) is 18.6. The van der Waals surface area contributed by atoms with E-state index in [1.165, 1.54) is 30.4 Å². The molecule has 0 unspecified atom stereocenters. The van der Waals surface area contributed by atoms with Crippen LogP contribution >= 0.6 is 0 Å². The molecule has 0 aliphatic heterocycles. The molecule has 33 heavy (non-hydrogen) atoms. The first-order valence-electron chi connectivity index (χ1n) is 11.4. The highest BCUT2D eigenvalue weighted by Crippen LogP contribution is 2.30. The molecule has 0 spiro atoms. The van der Waals surface area contributed by atoms with Gasteiger partial charge in [-0.1, -0.05) is 79.2 Å². The number of rotatable bonds is 11. The molecule has 5 nitrogen and oxygen atoms in total. The molecule has 3 aromatic carbocycles. The molecular weight excluding hydrogens is 414 g/mol. The molecule has 3 aromatic rings. The van der Waals surface area contributed by atoms with Crippen LogP contribution in [0.4, 0.5) is 0 Å². The van der Waals surface area contributed by atoms with Crippen molar-refractivity contribution in [1.29, 1.82) is 0 Å². The maximum absolute atomic E-state index is 10.9. The van der Waals surface area contributed by atoms with Crippen molar-refractivity contribution in [3.63, 3.8) is 0 Å². The number of carboxylic acid groups (broad SMARTS) is 1. The topological polar surface area (TPSA) is 67.8 Å². The van der Waals surface area contributed by atoms with Crippen molar-refractivity contribution in [3.05, 3.63) is 96.1 Å². The van der Waals surface area contributed by atoms with Gasteiger partial charge < -0.3 is 9.84 Å². The van der Waals surface area contributed by atoms with Crippen LogP contribution in [0.5, 0.6) is 5.75 Å². The van der Waals surface area contributed by atoms with Crippen LogP contribution in [0, 0.1) is 5.92 Å². The Balaban J connectivity index is 1.32. The Morgan fingerprint density at radius 2 is 1.70 bits per heavy atom. The van der Waals surface area contributed by atoms with Gasteiger partial charge in [0.05, 0.1) is 12.1 Å². The molecule has 1 saturated carbocycles. The largest absolute Gasteiger partial charge is 0.491 e. The molecule has 0 heterocycles. The van der Waals surface area contributed by atoms with Gasteiger partial charge >= 0.3 is 5.97 Å². The van der Waals surface area contributed by atoms with Gasteiger partial charge in [-0.25, -0.2) is 0 Å². The lowest BCUT2D eigenvalue weighted by molar-refractivity contribution is -0.136. The predicted molar refractivity (Wildman–Crippen MR) is 130 cm³/mol. The van der Waals surface area contributed by atoms with Gasteiger partial charge in [0.2, 0.25) is 0 Å². The van der Waals surface area contributed by atoms with Crippen molar-refractivity contribution in [2.45, 2.75) is 25.7 Å². The lowest BCUT2D eigenvalue weighted by Crippen LogP contribution is -2.20. The molecule has 0 atom stereocenters. The molecule has 4 rings (SSSR count). The van der Waals surface area contributed by atoms with E-state index in [1.54, 1.807) is 18.2 Å². The van der Waals surface area contributed by atoms with E-state index in [4.69, 9.17) is 14.7 Å². The monoisotopic (exact) mass is 443 g/mol. The maximum Gasteiger partial charge on any atom is 0.307 e. The van der Waals surface area contributed by atoms with E-state index in [2.05, 4.69) is 48.0 Å². The SMILES string of the molecule is O=C(O)Cc1cccc(OCCONC(=CC2CCC2)c2ccc(-c3ccccc3)cc2)c1. The molecule has 1 fully saturated rings. The number of aliphatic carboxylic acids is 1. The molecule has 5 heteroatoms. The Kier molecular flexibility index (Phi) is 7.77. The fourth-order valence-electron chi connectivity index (χ4n) is 3.75. The molecule has 1 aliphatic rings. The third-order valence-electron chi connectivity index (χ3n) is 5.75. The summed E-state index contributed by atoms with van der Waals surface area (Å²) < 4.78 is 5.72. The van der Waals surface area contributed by atoms with E-state index in [0.29, 0.717) is 30.4 Å². The Labute approximate surface area is 194 Å². The van der Waals surface area contributed by atoms with E-state index >= 15 is 0 Å². The first-order chi connectivity index (χ1) is 16.2. The molecule has 0 saturated heterocycles. The number of hydrogen-bond acceptors (Lipinski definition) is 4. The Morgan fingerprint density at radius 3 is 2.39 bits per heavy atom. The second-order valence-electron chi connectivity index (χ2n) is 8.23. The van der Waals surface area contributed by atoms with Crippen LogP contribution < -0.4 is 10.2 Å². The number of carbonyl (C=O) groups is 1. The van der Waals surface area contributed by atoms with E-state index in [1.807, 2.05) is 24.3 Å². The minimum Gasteiger partial charge on any atom is -0.491 e. The van der Waals surface area contributed by atoms with Crippen LogP contribution in [-0.4, -0.2) is 24.3 Å². The van der Waals surface area contributed by atoms with Crippen LogP contribution in [-0.2, 0) is 16.1 Å². The van der Waals surface area contributed by atoms with Crippen molar-refractivity contribution in [2.75, 3.05) is 13.2 Å². The molecule has 170 valence electrons. The van der Waals surface area contributed by atoms with E-state index < -0.39 is 5.97 Å². The van der Waals surface area contributed by atoms with Gasteiger partial charge in [-0.05, 0) is 53.1 Å². The van der Waals surface area contributed by atoms with Gasteiger partial charge in [-0.2, -0.15) is 0 Å². The molecule has 0 aromatic heterocycles. The van der Waals surface area contributed by atoms with Crippen LogP contribution in [0.15, 0.2) is 84.9 Å². The summed E-state index contributed by atoms with van der Waals surface area (Å²) in [6, 6.07) is 26.0. The minimum atomic E-state index is -0.859. The number of benzene rings is 3. The minimum absolute atomic E-state index is 0.0202. The summed E-state index contributed by atoms with van der Waals surface area (Å²) in [5.41, 5.74) is 8.27. The number of ether oxygens (including phenoxy) is 1. The lowest BCUT2D eigenvalue weighted by Gasteiger charge is -2.23. The van der Waals surface area contributed by atoms with Crippen molar-refractivity contribution in [3.8, 4) is 16.9 Å². The summed E-state index contributed by atoms with van der Waals surface area (Å²) in [5.74, 6) is 0.361. The Bertz CT molecular complexity index is 1070. The van der Waals surface area contributed by atoms with E-state index in [9.17, 15) is 4.79 Å². The zero-order valence-corrected chi connectivity index (χ0v) is 18.6. The molecular formula is C28H29NO4. The van der Waals surface area contributed by atoms with Crippen molar-refractivity contribution >= 4 is 11.7 Å². The van der Waals surface area contributed by atoms with Gasteiger partial charge in [0, 0.05) is 0 Å².